The lowest BCUT2D eigenvalue weighted by Crippen LogP contribution is -2.60. The van der Waals surface area contributed by atoms with Crippen LogP contribution in [0.25, 0.3) is 0 Å². The summed E-state index contributed by atoms with van der Waals surface area (Å²) in [5.41, 5.74) is 0.695. The molecule has 0 radical (unpaired) electrons. The topological polar surface area (TPSA) is 109 Å². The minimum absolute atomic E-state index is 0.328. The second-order valence-electron chi connectivity index (χ2n) is 6.39. The van der Waals surface area contributed by atoms with Crippen LogP contribution in [-0.2, 0) is 11.2 Å². The van der Waals surface area contributed by atoms with Crippen molar-refractivity contribution < 1.29 is 47.8 Å². The zero-order valence-corrected chi connectivity index (χ0v) is 15.6. The Hall–Kier alpha value is -1.89. The van der Waals surface area contributed by atoms with Gasteiger partial charge in [-0.25, -0.2) is 0 Å². The lowest BCUT2D eigenvalue weighted by atomic mass is 9.99. The average Bonchev–Trinajstić information content (AvgIpc) is 3.09. The molecule has 5 atom stereocenters. The molecular weight excluding hydrogens is 417 g/mol. The number of aliphatic hydroxyl groups is 4. The van der Waals surface area contributed by atoms with Crippen LogP contribution in [0.4, 0.5) is 13.2 Å². The molecular formula is C18H19F3O7S. The Bertz CT molecular complexity index is 793. The summed E-state index contributed by atoms with van der Waals surface area (Å²) < 4.78 is 51.5. The molecule has 0 aliphatic carbocycles. The smallest absolute Gasteiger partial charge is 0.461 e. The molecule has 1 aromatic carbocycles. The molecule has 2 aromatic rings. The molecule has 29 heavy (non-hydrogen) atoms. The Balaban J connectivity index is 1.68. The molecule has 2 heterocycles. The summed E-state index contributed by atoms with van der Waals surface area (Å²) in [6.07, 6.45) is -11.4. The molecule has 0 spiro atoms. The summed E-state index contributed by atoms with van der Waals surface area (Å²) in [6, 6.07) is 6.99. The summed E-state index contributed by atoms with van der Waals surface area (Å²) >= 11 is 1.32. The molecule has 1 aliphatic heterocycles. The van der Waals surface area contributed by atoms with E-state index in [0.717, 1.165) is 0 Å². The van der Waals surface area contributed by atoms with Crippen LogP contribution in [-0.4, -0.2) is 64.1 Å². The molecule has 5 unspecified atom stereocenters. The Labute approximate surface area is 167 Å². The molecule has 7 nitrogen and oxygen atoms in total. The highest BCUT2D eigenvalue weighted by Crippen LogP contribution is 2.32. The molecule has 3 rings (SSSR count). The Kier molecular flexibility index (Phi) is 6.66. The zero-order valence-electron chi connectivity index (χ0n) is 14.8. The first-order valence-electron chi connectivity index (χ1n) is 8.56. The monoisotopic (exact) mass is 436 g/mol. The second kappa shape index (κ2) is 8.86. The van der Waals surface area contributed by atoms with Crippen molar-refractivity contribution in [2.75, 3.05) is 6.61 Å². The average molecular weight is 436 g/mol. The number of alkyl halides is 3. The van der Waals surface area contributed by atoms with Crippen molar-refractivity contribution in [2.45, 2.75) is 43.5 Å². The quantitative estimate of drug-likeness (QED) is 0.542. The summed E-state index contributed by atoms with van der Waals surface area (Å²) in [4.78, 5) is 0.700. The first-order chi connectivity index (χ1) is 13.7. The molecule has 0 bridgehead atoms. The van der Waals surface area contributed by atoms with E-state index in [4.69, 9.17) is 9.47 Å². The molecule has 1 aromatic heterocycles. The van der Waals surface area contributed by atoms with Gasteiger partial charge in [-0.3, -0.25) is 0 Å². The van der Waals surface area contributed by atoms with Gasteiger partial charge in [0.2, 0.25) is 6.29 Å². The molecule has 1 aliphatic rings. The summed E-state index contributed by atoms with van der Waals surface area (Å²) in [5.74, 6) is 0.0140. The lowest BCUT2D eigenvalue weighted by Gasteiger charge is -2.39. The van der Waals surface area contributed by atoms with Crippen molar-refractivity contribution in [3.05, 3.63) is 46.2 Å². The van der Waals surface area contributed by atoms with Gasteiger partial charge in [-0.05, 0) is 29.1 Å². The maximum atomic E-state index is 12.2. The number of hydrogen-bond donors (Lipinski definition) is 4. The SMILES string of the molecule is OCC1OC(Oc2ccsc2Cc2ccc(OC(F)(F)F)cc2)C(O)C(O)C1O. The molecule has 1 saturated heterocycles. The second-order valence-corrected chi connectivity index (χ2v) is 7.39. The van der Waals surface area contributed by atoms with Crippen molar-refractivity contribution in [1.82, 2.24) is 0 Å². The minimum atomic E-state index is -4.76. The molecule has 0 saturated carbocycles. The van der Waals surface area contributed by atoms with Crippen LogP contribution < -0.4 is 9.47 Å². The van der Waals surface area contributed by atoms with E-state index in [-0.39, 0.29) is 5.75 Å². The van der Waals surface area contributed by atoms with E-state index in [1.807, 2.05) is 0 Å². The largest absolute Gasteiger partial charge is 0.573 e. The highest BCUT2D eigenvalue weighted by molar-refractivity contribution is 7.10. The van der Waals surface area contributed by atoms with E-state index in [1.54, 1.807) is 11.4 Å². The number of halogens is 3. The van der Waals surface area contributed by atoms with E-state index >= 15 is 0 Å². The summed E-state index contributed by atoms with van der Waals surface area (Å²) in [6.45, 7) is -0.576. The minimum Gasteiger partial charge on any atom is -0.461 e. The molecule has 160 valence electrons. The third kappa shape index (κ3) is 5.38. The first kappa shape index (κ1) is 21.8. The number of aliphatic hydroxyl groups excluding tert-OH is 4. The highest BCUT2D eigenvalue weighted by Gasteiger charge is 2.44. The fraction of sp³-hybridized carbons (Fsp3) is 0.444. The fourth-order valence-corrected chi connectivity index (χ4v) is 3.69. The van der Waals surface area contributed by atoms with Crippen molar-refractivity contribution in [3.63, 3.8) is 0 Å². The van der Waals surface area contributed by atoms with E-state index < -0.39 is 43.7 Å². The Morgan fingerprint density at radius 3 is 2.31 bits per heavy atom. The van der Waals surface area contributed by atoms with Crippen molar-refractivity contribution in [3.8, 4) is 11.5 Å². The fourth-order valence-electron chi connectivity index (χ4n) is 2.85. The Morgan fingerprint density at radius 2 is 1.69 bits per heavy atom. The van der Waals surface area contributed by atoms with Crippen LogP contribution in [0.3, 0.4) is 0 Å². The maximum absolute atomic E-state index is 12.2. The number of ether oxygens (including phenoxy) is 3. The van der Waals surface area contributed by atoms with Gasteiger partial charge in [0.05, 0.1) is 11.5 Å². The zero-order chi connectivity index (χ0) is 21.2. The lowest BCUT2D eigenvalue weighted by molar-refractivity contribution is -0.277. The summed E-state index contributed by atoms with van der Waals surface area (Å²) in [7, 11) is 0. The van der Waals surface area contributed by atoms with Crippen molar-refractivity contribution in [2.24, 2.45) is 0 Å². The Morgan fingerprint density at radius 1 is 1.00 bits per heavy atom. The van der Waals surface area contributed by atoms with Gasteiger partial charge in [0, 0.05) is 6.42 Å². The molecule has 11 heteroatoms. The van der Waals surface area contributed by atoms with Crippen molar-refractivity contribution >= 4 is 11.3 Å². The van der Waals surface area contributed by atoms with Gasteiger partial charge in [0.25, 0.3) is 0 Å². The van der Waals surface area contributed by atoms with E-state index in [1.165, 1.54) is 35.6 Å². The highest BCUT2D eigenvalue weighted by atomic mass is 32.1. The van der Waals surface area contributed by atoms with Crippen LogP contribution >= 0.6 is 11.3 Å². The van der Waals surface area contributed by atoms with Crippen LogP contribution in [0.2, 0.25) is 0 Å². The first-order valence-corrected chi connectivity index (χ1v) is 9.44. The van der Waals surface area contributed by atoms with Gasteiger partial charge in [-0.1, -0.05) is 12.1 Å². The molecule has 0 amide bonds. The third-order valence-electron chi connectivity index (χ3n) is 4.32. The number of rotatable bonds is 6. The number of benzene rings is 1. The van der Waals surface area contributed by atoms with Gasteiger partial charge < -0.3 is 34.6 Å². The van der Waals surface area contributed by atoms with Crippen LogP contribution in [0.5, 0.6) is 11.5 Å². The van der Waals surface area contributed by atoms with Gasteiger partial charge in [0.1, 0.15) is 35.9 Å². The van der Waals surface area contributed by atoms with E-state index in [2.05, 4.69) is 4.74 Å². The van der Waals surface area contributed by atoms with Gasteiger partial charge in [0.15, 0.2) is 0 Å². The third-order valence-corrected chi connectivity index (χ3v) is 5.22. The molecule has 1 fully saturated rings. The number of hydrogen-bond acceptors (Lipinski definition) is 8. The summed E-state index contributed by atoms with van der Waals surface area (Å²) in [5, 5.41) is 40.7. The predicted molar refractivity (Wildman–Crippen MR) is 94.6 cm³/mol. The normalized spacial score (nSPS) is 27.6. The maximum Gasteiger partial charge on any atom is 0.573 e. The van der Waals surface area contributed by atoms with Crippen molar-refractivity contribution in [1.29, 1.82) is 0 Å². The predicted octanol–water partition coefficient (Wildman–Crippen LogP) is 1.42. The van der Waals surface area contributed by atoms with Gasteiger partial charge in [-0.2, -0.15) is 0 Å². The molecule has 4 N–H and O–H groups in total. The van der Waals surface area contributed by atoms with Crippen LogP contribution in [0.1, 0.15) is 10.4 Å². The van der Waals surface area contributed by atoms with Gasteiger partial charge in [-0.15, -0.1) is 24.5 Å². The number of thiophene rings is 1. The van der Waals surface area contributed by atoms with E-state index in [0.29, 0.717) is 22.6 Å². The standard InChI is InChI=1S/C18H19F3O7S/c19-18(20,21)28-10-3-1-9(2-4-10)7-13-11(5-6-29-13)26-17-16(25)15(24)14(23)12(8-22)27-17/h1-6,12,14-17,22-25H,7-8H2. The van der Waals surface area contributed by atoms with Crippen LogP contribution in [0.15, 0.2) is 35.7 Å². The van der Waals surface area contributed by atoms with Gasteiger partial charge >= 0.3 is 6.36 Å². The van der Waals surface area contributed by atoms with E-state index in [9.17, 15) is 33.6 Å². The van der Waals surface area contributed by atoms with Crippen LogP contribution in [0, 0.1) is 0 Å².